The minimum atomic E-state index is -0.652. The molecule has 0 amide bonds. The number of aromatic nitrogens is 2. The van der Waals surface area contributed by atoms with Crippen LogP contribution in [-0.4, -0.2) is 42.1 Å². The van der Waals surface area contributed by atoms with Crippen LogP contribution >= 0.6 is 11.6 Å². The molecule has 0 spiro atoms. The van der Waals surface area contributed by atoms with E-state index in [0.717, 1.165) is 17.5 Å². The van der Waals surface area contributed by atoms with Crippen LogP contribution in [0.25, 0.3) is 17.2 Å². The van der Waals surface area contributed by atoms with Gasteiger partial charge in [-0.1, -0.05) is 30.7 Å². The van der Waals surface area contributed by atoms with Crippen molar-refractivity contribution in [2.24, 2.45) is 0 Å². The molecule has 0 aliphatic carbocycles. The Hall–Kier alpha value is -3.40. The maximum absolute atomic E-state index is 12.1. The van der Waals surface area contributed by atoms with E-state index in [9.17, 15) is 4.79 Å². The number of nitrogens with zero attached hydrogens (tertiary/aromatic N) is 2. The summed E-state index contributed by atoms with van der Waals surface area (Å²) < 4.78 is 22.2. The molecule has 1 unspecified atom stereocenters. The Bertz CT molecular complexity index is 1120. The van der Waals surface area contributed by atoms with Crippen molar-refractivity contribution in [1.29, 1.82) is 0 Å². The Morgan fingerprint density at radius 3 is 2.47 bits per heavy atom. The van der Waals surface area contributed by atoms with E-state index < -0.39 is 6.10 Å². The van der Waals surface area contributed by atoms with E-state index >= 15 is 0 Å². The molecule has 0 saturated heterocycles. The van der Waals surface area contributed by atoms with Gasteiger partial charge in [-0.15, -0.1) is 10.2 Å². The fourth-order valence-corrected chi connectivity index (χ4v) is 3.21. The second-order valence-electron chi connectivity index (χ2n) is 7.56. The Labute approximate surface area is 215 Å². The maximum atomic E-state index is 12.1. The Morgan fingerprint density at radius 1 is 1.06 bits per heavy atom. The molecule has 1 aromatic heterocycles. The van der Waals surface area contributed by atoms with Crippen molar-refractivity contribution in [3.05, 3.63) is 71.3 Å². The molecule has 3 rings (SSSR count). The Kier molecular flexibility index (Phi) is 10.7. The van der Waals surface area contributed by atoms with Crippen LogP contribution in [0.4, 0.5) is 0 Å². The van der Waals surface area contributed by atoms with E-state index in [-0.39, 0.29) is 11.9 Å². The molecule has 2 aromatic carbocycles. The van der Waals surface area contributed by atoms with Crippen molar-refractivity contribution in [2.75, 3.05) is 19.8 Å². The van der Waals surface area contributed by atoms with Crippen LogP contribution in [0.2, 0.25) is 5.02 Å². The fraction of sp³-hybridized carbons (Fsp3) is 0.346. The fourth-order valence-electron chi connectivity index (χ4n) is 3.08. The highest BCUT2D eigenvalue weighted by atomic mass is 35.5. The van der Waals surface area contributed by atoms with Gasteiger partial charge in [0.25, 0.3) is 5.89 Å². The van der Waals surface area contributed by atoms with Gasteiger partial charge in [-0.3, -0.25) is 10.3 Å². The van der Waals surface area contributed by atoms with Gasteiger partial charge in [-0.05, 0) is 62.2 Å². The zero-order chi connectivity index (χ0) is 25.8. The number of rotatable bonds is 14. The van der Waals surface area contributed by atoms with Crippen molar-refractivity contribution in [3.8, 4) is 17.2 Å². The second-order valence-corrected chi connectivity index (χ2v) is 8.00. The lowest BCUT2D eigenvalue weighted by Gasteiger charge is -2.15. The van der Waals surface area contributed by atoms with Gasteiger partial charge in [0.05, 0.1) is 13.2 Å². The SMILES string of the molecule is CCCONC(=COc1ccc(CC(OCC)C(=O)OCC)cc1)c1nnc(-c2ccc(Cl)cc2)o1. The summed E-state index contributed by atoms with van der Waals surface area (Å²) in [5.74, 6) is 0.722. The van der Waals surface area contributed by atoms with Crippen LogP contribution in [0.5, 0.6) is 5.75 Å². The van der Waals surface area contributed by atoms with Crippen molar-refractivity contribution in [3.63, 3.8) is 0 Å². The summed E-state index contributed by atoms with van der Waals surface area (Å²) in [4.78, 5) is 17.6. The van der Waals surface area contributed by atoms with Crippen LogP contribution < -0.4 is 10.2 Å². The number of halogens is 1. The lowest BCUT2D eigenvalue weighted by molar-refractivity contribution is -0.156. The molecule has 0 bridgehead atoms. The number of hydroxylamine groups is 1. The van der Waals surface area contributed by atoms with Gasteiger partial charge in [0.15, 0.2) is 11.8 Å². The standard InChI is InChI=1S/C26H30ClN3O6/c1-4-15-35-30-22(25-29-28-24(36-25)19-9-11-20(27)12-10-19)17-34-21-13-7-18(8-14-21)16-23(32-5-2)26(31)33-6-3/h7-14,17,23,30H,4-6,15-16H2,1-3H3. The second kappa shape index (κ2) is 14.2. The molecule has 0 aliphatic rings. The molecule has 1 heterocycles. The van der Waals surface area contributed by atoms with Gasteiger partial charge in [-0.2, -0.15) is 0 Å². The van der Waals surface area contributed by atoms with E-state index in [1.54, 1.807) is 43.3 Å². The number of benzene rings is 2. The van der Waals surface area contributed by atoms with Crippen LogP contribution in [-0.2, 0) is 25.5 Å². The molecule has 0 radical (unpaired) electrons. The topological polar surface area (TPSA) is 105 Å². The number of carbonyl (C=O) groups excluding carboxylic acids is 1. The smallest absolute Gasteiger partial charge is 0.335 e. The van der Waals surface area contributed by atoms with E-state index in [0.29, 0.717) is 48.6 Å². The summed E-state index contributed by atoms with van der Waals surface area (Å²) in [7, 11) is 0. The molecule has 9 nitrogen and oxygen atoms in total. The molecule has 0 fully saturated rings. The van der Waals surface area contributed by atoms with E-state index in [1.165, 1.54) is 6.26 Å². The van der Waals surface area contributed by atoms with Crippen molar-refractivity contribution < 1.29 is 28.3 Å². The molecule has 0 saturated carbocycles. The highest BCUT2D eigenvalue weighted by Crippen LogP contribution is 2.23. The Morgan fingerprint density at radius 2 is 1.81 bits per heavy atom. The van der Waals surface area contributed by atoms with Crippen LogP contribution in [0.1, 0.15) is 38.6 Å². The molecule has 1 N–H and O–H groups in total. The van der Waals surface area contributed by atoms with Gasteiger partial charge in [0.1, 0.15) is 12.0 Å². The summed E-state index contributed by atoms with van der Waals surface area (Å²) in [6.07, 6.45) is 2.00. The average Bonchev–Trinajstić information content (AvgIpc) is 3.37. The molecular formula is C26H30ClN3O6. The summed E-state index contributed by atoms with van der Waals surface area (Å²) >= 11 is 5.95. The first-order valence-electron chi connectivity index (χ1n) is 11.8. The minimum absolute atomic E-state index is 0.196. The molecule has 10 heteroatoms. The van der Waals surface area contributed by atoms with E-state index in [4.69, 9.17) is 35.1 Å². The van der Waals surface area contributed by atoms with Gasteiger partial charge >= 0.3 is 5.97 Å². The molecule has 36 heavy (non-hydrogen) atoms. The highest BCUT2D eigenvalue weighted by molar-refractivity contribution is 6.30. The predicted octanol–water partition coefficient (Wildman–Crippen LogP) is 5.21. The summed E-state index contributed by atoms with van der Waals surface area (Å²) in [5.41, 5.74) is 4.81. The number of hydrogen-bond acceptors (Lipinski definition) is 9. The van der Waals surface area contributed by atoms with Gasteiger partial charge < -0.3 is 18.6 Å². The lowest BCUT2D eigenvalue weighted by Crippen LogP contribution is -2.28. The average molecular weight is 516 g/mol. The summed E-state index contributed by atoms with van der Waals surface area (Å²) in [6, 6.07) is 14.4. The number of carbonyl (C=O) groups is 1. The molecule has 192 valence electrons. The van der Waals surface area contributed by atoms with Gasteiger partial charge in [-0.25, -0.2) is 4.79 Å². The van der Waals surface area contributed by atoms with Crippen LogP contribution in [0.15, 0.2) is 59.2 Å². The number of ether oxygens (including phenoxy) is 3. The normalized spacial score (nSPS) is 12.3. The van der Waals surface area contributed by atoms with Crippen molar-refractivity contribution in [2.45, 2.75) is 39.7 Å². The summed E-state index contributed by atoms with van der Waals surface area (Å²) in [6.45, 7) is 6.80. The minimum Gasteiger partial charge on any atom is -0.464 e. The zero-order valence-corrected chi connectivity index (χ0v) is 21.3. The largest absolute Gasteiger partial charge is 0.464 e. The monoisotopic (exact) mass is 515 g/mol. The number of hydrogen-bond donors (Lipinski definition) is 1. The zero-order valence-electron chi connectivity index (χ0n) is 20.5. The van der Waals surface area contributed by atoms with E-state index in [1.807, 2.05) is 26.0 Å². The van der Waals surface area contributed by atoms with Crippen LogP contribution in [0.3, 0.4) is 0 Å². The van der Waals surface area contributed by atoms with Crippen molar-refractivity contribution in [1.82, 2.24) is 15.7 Å². The van der Waals surface area contributed by atoms with Gasteiger partial charge in [0, 0.05) is 23.6 Å². The third-order valence-electron chi connectivity index (χ3n) is 4.81. The quantitative estimate of drug-likeness (QED) is 0.134. The first-order valence-corrected chi connectivity index (χ1v) is 12.1. The first-order chi connectivity index (χ1) is 17.5. The molecule has 3 aromatic rings. The van der Waals surface area contributed by atoms with E-state index in [2.05, 4.69) is 15.7 Å². The van der Waals surface area contributed by atoms with Gasteiger partial charge in [0.2, 0.25) is 5.89 Å². The third-order valence-corrected chi connectivity index (χ3v) is 5.06. The summed E-state index contributed by atoms with van der Waals surface area (Å²) in [5, 5.41) is 8.82. The molecule has 1 atom stereocenters. The predicted molar refractivity (Wildman–Crippen MR) is 135 cm³/mol. The number of esters is 1. The molecular weight excluding hydrogens is 486 g/mol. The highest BCUT2D eigenvalue weighted by Gasteiger charge is 2.20. The third kappa shape index (κ3) is 8.08. The number of nitrogens with one attached hydrogen (secondary N) is 1. The maximum Gasteiger partial charge on any atom is 0.335 e. The lowest BCUT2D eigenvalue weighted by atomic mass is 10.1. The van der Waals surface area contributed by atoms with Crippen LogP contribution in [0, 0.1) is 0 Å². The Balaban J connectivity index is 1.71. The molecule has 0 aliphatic heterocycles. The first kappa shape index (κ1) is 27.2. The van der Waals surface area contributed by atoms with Crippen molar-refractivity contribution >= 4 is 23.3 Å².